The number of hydrogen-bond acceptors (Lipinski definition) is 3. The van der Waals surface area contributed by atoms with Crippen LogP contribution in [0.25, 0.3) is 11.3 Å². The number of benzene rings is 3. The van der Waals surface area contributed by atoms with E-state index in [0.717, 1.165) is 34.4 Å². The van der Waals surface area contributed by atoms with Crippen LogP contribution in [-0.4, -0.2) is 34.7 Å². The van der Waals surface area contributed by atoms with Gasteiger partial charge in [-0.3, -0.25) is 9.89 Å². The number of amides is 1. The number of carbonyl (C=O) groups is 1. The lowest BCUT2D eigenvalue weighted by atomic mass is 9.96. The fourth-order valence-electron chi connectivity index (χ4n) is 4.28. The summed E-state index contributed by atoms with van der Waals surface area (Å²) in [6.45, 7) is 0.537. The normalized spacial score (nSPS) is 15.1. The van der Waals surface area contributed by atoms with Crippen LogP contribution in [0.5, 0.6) is 5.75 Å². The molecule has 1 aliphatic rings. The number of halogens is 1. The van der Waals surface area contributed by atoms with Crippen molar-refractivity contribution in [3.63, 3.8) is 0 Å². The average Bonchev–Trinajstić information content (AvgIpc) is 3.38. The van der Waals surface area contributed by atoms with Crippen LogP contribution in [0.3, 0.4) is 0 Å². The van der Waals surface area contributed by atoms with E-state index in [9.17, 15) is 9.18 Å². The second kappa shape index (κ2) is 8.30. The lowest BCUT2D eigenvalue weighted by molar-refractivity contribution is 0.0746. The summed E-state index contributed by atoms with van der Waals surface area (Å²) in [5.41, 5.74) is 4.91. The zero-order chi connectivity index (χ0) is 22.1. The first-order chi connectivity index (χ1) is 15.7. The van der Waals surface area contributed by atoms with Crippen LogP contribution in [-0.2, 0) is 6.42 Å². The van der Waals surface area contributed by atoms with Crippen LogP contribution in [0.2, 0.25) is 0 Å². The molecule has 5 nitrogen and oxygen atoms in total. The minimum Gasteiger partial charge on any atom is -0.497 e. The monoisotopic (exact) mass is 427 g/mol. The SMILES string of the molecule is COc1ccc(-c2n[nH]c3c2C(c2ccc(F)cc2)N(CCc2ccccc2)C3=O)cc1. The van der Waals surface area contributed by atoms with E-state index in [1.54, 1.807) is 19.2 Å². The Bertz CT molecular complexity index is 1230. The molecule has 0 saturated heterocycles. The Morgan fingerprint density at radius 3 is 2.41 bits per heavy atom. The molecule has 32 heavy (non-hydrogen) atoms. The standard InChI is InChI=1S/C26H22FN3O2/c1-32-21-13-9-18(10-14-21)23-22-24(29-28-23)26(31)30(16-15-17-5-3-2-4-6-17)25(22)19-7-11-20(27)12-8-19/h2-14,25H,15-16H2,1H3,(H,28,29). The molecule has 2 heterocycles. The molecule has 1 amide bonds. The van der Waals surface area contributed by atoms with Crippen LogP contribution < -0.4 is 4.74 Å². The molecule has 6 heteroatoms. The highest BCUT2D eigenvalue weighted by atomic mass is 19.1. The van der Waals surface area contributed by atoms with Gasteiger partial charge in [-0.15, -0.1) is 0 Å². The first-order valence-electron chi connectivity index (χ1n) is 10.5. The van der Waals surface area contributed by atoms with Crippen molar-refractivity contribution in [2.24, 2.45) is 0 Å². The highest BCUT2D eigenvalue weighted by molar-refractivity contribution is 6.00. The largest absolute Gasteiger partial charge is 0.497 e. The summed E-state index contributed by atoms with van der Waals surface area (Å²) in [5, 5.41) is 7.43. The molecular formula is C26H22FN3O2. The Labute approximate surface area is 185 Å². The third kappa shape index (κ3) is 3.54. The van der Waals surface area contributed by atoms with E-state index < -0.39 is 0 Å². The van der Waals surface area contributed by atoms with Crippen molar-refractivity contribution in [1.29, 1.82) is 0 Å². The molecule has 0 fully saturated rings. The first kappa shape index (κ1) is 20.0. The molecule has 1 atom stereocenters. The van der Waals surface area contributed by atoms with Crippen molar-refractivity contribution in [2.45, 2.75) is 12.5 Å². The zero-order valence-corrected chi connectivity index (χ0v) is 17.6. The molecule has 0 bridgehead atoms. The van der Waals surface area contributed by atoms with Gasteiger partial charge in [-0.2, -0.15) is 5.10 Å². The number of nitrogens with zero attached hydrogens (tertiary/aromatic N) is 2. The van der Waals surface area contributed by atoms with Crippen molar-refractivity contribution in [1.82, 2.24) is 15.1 Å². The summed E-state index contributed by atoms with van der Waals surface area (Å²) < 4.78 is 18.9. The summed E-state index contributed by atoms with van der Waals surface area (Å²) in [6, 6.07) is 23.6. The predicted octanol–water partition coefficient (Wildman–Crippen LogP) is 5.01. The van der Waals surface area contributed by atoms with Crippen molar-refractivity contribution < 1.29 is 13.9 Å². The number of aromatic nitrogens is 2. The summed E-state index contributed by atoms with van der Waals surface area (Å²) in [7, 11) is 1.62. The second-order valence-corrected chi connectivity index (χ2v) is 7.78. The molecule has 1 aliphatic heterocycles. The Balaban J connectivity index is 1.56. The number of hydrogen-bond donors (Lipinski definition) is 1. The van der Waals surface area contributed by atoms with Gasteiger partial charge in [-0.25, -0.2) is 4.39 Å². The summed E-state index contributed by atoms with van der Waals surface area (Å²) in [5.74, 6) is 0.339. The number of aromatic amines is 1. The number of methoxy groups -OCH3 is 1. The maximum absolute atomic E-state index is 13.7. The van der Waals surface area contributed by atoms with Crippen LogP contribution in [0.1, 0.15) is 33.2 Å². The van der Waals surface area contributed by atoms with Crippen molar-refractivity contribution in [3.05, 3.63) is 107 Å². The molecule has 1 unspecified atom stereocenters. The zero-order valence-electron chi connectivity index (χ0n) is 17.6. The van der Waals surface area contributed by atoms with E-state index in [0.29, 0.717) is 17.9 Å². The van der Waals surface area contributed by atoms with Gasteiger partial charge in [0.2, 0.25) is 0 Å². The minimum absolute atomic E-state index is 0.0995. The lowest BCUT2D eigenvalue weighted by Crippen LogP contribution is -2.31. The lowest BCUT2D eigenvalue weighted by Gasteiger charge is -2.26. The third-order valence-electron chi connectivity index (χ3n) is 5.90. The van der Waals surface area contributed by atoms with Gasteiger partial charge >= 0.3 is 0 Å². The molecule has 4 aromatic rings. The highest BCUT2D eigenvalue weighted by Gasteiger charge is 2.41. The second-order valence-electron chi connectivity index (χ2n) is 7.78. The average molecular weight is 427 g/mol. The molecule has 5 rings (SSSR count). The predicted molar refractivity (Wildman–Crippen MR) is 120 cm³/mol. The van der Waals surface area contributed by atoms with Gasteiger partial charge in [0.15, 0.2) is 0 Å². The van der Waals surface area contributed by atoms with E-state index in [-0.39, 0.29) is 17.8 Å². The van der Waals surface area contributed by atoms with Gasteiger partial charge in [0, 0.05) is 17.7 Å². The quantitative estimate of drug-likeness (QED) is 0.470. The highest BCUT2D eigenvalue weighted by Crippen LogP contribution is 2.43. The molecule has 0 aliphatic carbocycles. The molecule has 0 saturated carbocycles. The molecule has 1 aromatic heterocycles. The van der Waals surface area contributed by atoms with Crippen LogP contribution in [0.15, 0.2) is 78.9 Å². The van der Waals surface area contributed by atoms with Gasteiger partial charge < -0.3 is 9.64 Å². The summed E-state index contributed by atoms with van der Waals surface area (Å²) in [6.07, 6.45) is 0.722. The van der Waals surface area contributed by atoms with E-state index in [2.05, 4.69) is 22.3 Å². The Kier molecular flexibility index (Phi) is 5.19. The van der Waals surface area contributed by atoms with Gasteiger partial charge in [0.1, 0.15) is 17.3 Å². The fourth-order valence-corrected chi connectivity index (χ4v) is 4.28. The molecule has 0 radical (unpaired) electrons. The number of fused-ring (bicyclic) bond motifs is 1. The van der Waals surface area contributed by atoms with Crippen molar-refractivity contribution in [3.8, 4) is 17.0 Å². The van der Waals surface area contributed by atoms with Gasteiger partial charge in [-0.1, -0.05) is 42.5 Å². The smallest absolute Gasteiger partial charge is 0.273 e. The number of carbonyl (C=O) groups excluding carboxylic acids is 1. The van der Waals surface area contributed by atoms with Crippen molar-refractivity contribution in [2.75, 3.05) is 13.7 Å². The minimum atomic E-state index is -0.349. The van der Waals surface area contributed by atoms with Crippen LogP contribution in [0, 0.1) is 5.82 Å². The van der Waals surface area contributed by atoms with E-state index in [4.69, 9.17) is 4.74 Å². The number of rotatable bonds is 6. The van der Waals surface area contributed by atoms with E-state index in [1.165, 1.54) is 12.1 Å². The van der Waals surface area contributed by atoms with Crippen molar-refractivity contribution >= 4 is 5.91 Å². The molecule has 0 spiro atoms. The number of H-pyrrole nitrogens is 1. The third-order valence-corrected chi connectivity index (χ3v) is 5.90. The van der Waals surface area contributed by atoms with E-state index in [1.807, 2.05) is 47.4 Å². The molecule has 3 aromatic carbocycles. The van der Waals surface area contributed by atoms with Crippen LogP contribution in [0.4, 0.5) is 4.39 Å². The Morgan fingerprint density at radius 2 is 1.72 bits per heavy atom. The summed E-state index contributed by atoms with van der Waals surface area (Å²) in [4.78, 5) is 15.2. The van der Waals surface area contributed by atoms with Crippen LogP contribution >= 0.6 is 0 Å². The molecular weight excluding hydrogens is 405 g/mol. The van der Waals surface area contributed by atoms with E-state index >= 15 is 0 Å². The topological polar surface area (TPSA) is 58.2 Å². The maximum Gasteiger partial charge on any atom is 0.273 e. The maximum atomic E-state index is 13.7. The Hall–Kier alpha value is -3.93. The first-order valence-corrected chi connectivity index (χ1v) is 10.5. The van der Waals surface area contributed by atoms with Gasteiger partial charge in [-0.05, 0) is 53.9 Å². The molecule has 1 N–H and O–H groups in total. The summed E-state index contributed by atoms with van der Waals surface area (Å²) >= 11 is 0. The van der Waals surface area contributed by atoms with Gasteiger partial charge in [0.25, 0.3) is 5.91 Å². The molecule has 160 valence electrons. The Morgan fingerprint density at radius 1 is 1.00 bits per heavy atom. The number of ether oxygens (including phenoxy) is 1. The number of nitrogens with one attached hydrogen (secondary N) is 1. The fraction of sp³-hybridized carbons (Fsp3) is 0.154. The van der Waals surface area contributed by atoms with Gasteiger partial charge in [0.05, 0.1) is 18.8 Å².